The van der Waals surface area contributed by atoms with Crippen molar-refractivity contribution in [2.24, 2.45) is 0 Å². The summed E-state index contributed by atoms with van der Waals surface area (Å²) in [6.07, 6.45) is 0.913. The van der Waals surface area contributed by atoms with E-state index in [0.717, 1.165) is 5.56 Å². The fraction of sp³-hybridized carbons (Fsp3) is 0.467. The Labute approximate surface area is 108 Å². The molecule has 0 radical (unpaired) electrons. The zero-order valence-electron chi connectivity index (χ0n) is 11.2. The third-order valence-corrected chi connectivity index (χ3v) is 2.30. The van der Waals surface area contributed by atoms with Crippen molar-refractivity contribution in [2.45, 2.75) is 45.6 Å². The Morgan fingerprint density at radius 3 is 2.28 bits per heavy atom. The quantitative estimate of drug-likeness (QED) is 0.594. The summed E-state index contributed by atoms with van der Waals surface area (Å²) in [5, 5.41) is 0. The summed E-state index contributed by atoms with van der Waals surface area (Å²) in [6.45, 7) is 5.37. The Balaban J connectivity index is 2.32. The second kappa shape index (κ2) is 6.34. The molecule has 0 N–H and O–H groups in total. The number of hydrogen-bond acceptors (Lipinski definition) is 3. The molecule has 0 heterocycles. The summed E-state index contributed by atoms with van der Waals surface area (Å²) in [5.41, 5.74) is 0.576. The predicted octanol–water partition coefficient (Wildman–Crippen LogP) is 2.92. The van der Waals surface area contributed by atoms with Gasteiger partial charge in [-0.1, -0.05) is 30.3 Å². The maximum Gasteiger partial charge on any atom is 0.313 e. The zero-order chi connectivity index (χ0) is 13.6. The van der Waals surface area contributed by atoms with Crippen molar-refractivity contribution >= 4 is 11.8 Å². The maximum absolute atomic E-state index is 11.6. The van der Waals surface area contributed by atoms with Gasteiger partial charge in [0.05, 0.1) is 0 Å². The molecule has 1 aromatic rings. The van der Waals surface area contributed by atoms with Crippen LogP contribution < -0.4 is 0 Å². The van der Waals surface area contributed by atoms with E-state index in [1.807, 2.05) is 30.3 Å². The van der Waals surface area contributed by atoms with Gasteiger partial charge in [0.1, 0.15) is 17.8 Å². The first kappa shape index (κ1) is 14.4. The second-order valence-corrected chi connectivity index (χ2v) is 5.29. The van der Waals surface area contributed by atoms with Crippen LogP contribution in [-0.2, 0) is 20.7 Å². The van der Waals surface area contributed by atoms with Crippen LogP contribution in [0, 0.1) is 0 Å². The SMILES string of the molecule is CC(C)(C)OC(=O)CC(=O)CCc1ccccc1. The Morgan fingerprint density at radius 1 is 1.11 bits per heavy atom. The molecule has 0 amide bonds. The minimum atomic E-state index is -0.531. The molecule has 0 bridgehead atoms. The molecule has 1 aromatic carbocycles. The van der Waals surface area contributed by atoms with Gasteiger partial charge in [0.15, 0.2) is 0 Å². The number of carbonyl (C=O) groups is 2. The Hall–Kier alpha value is -1.64. The molecule has 0 aliphatic carbocycles. The number of ketones is 1. The van der Waals surface area contributed by atoms with E-state index in [1.165, 1.54) is 0 Å². The first-order valence-electron chi connectivity index (χ1n) is 6.14. The Bertz CT molecular complexity index is 401. The van der Waals surface area contributed by atoms with Crippen molar-refractivity contribution in [3.8, 4) is 0 Å². The van der Waals surface area contributed by atoms with Gasteiger partial charge in [0, 0.05) is 6.42 Å². The average molecular weight is 248 g/mol. The van der Waals surface area contributed by atoms with E-state index in [4.69, 9.17) is 4.74 Å². The zero-order valence-corrected chi connectivity index (χ0v) is 11.2. The summed E-state index contributed by atoms with van der Waals surface area (Å²) in [6, 6.07) is 9.76. The number of esters is 1. The van der Waals surface area contributed by atoms with Crippen LogP contribution in [0.3, 0.4) is 0 Å². The minimum Gasteiger partial charge on any atom is -0.460 e. The standard InChI is InChI=1S/C15H20O3/c1-15(2,3)18-14(17)11-13(16)10-9-12-7-5-4-6-8-12/h4-8H,9-11H2,1-3H3. The molecule has 18 heavy (non-hydrogen) atoms. The van der Waals surface area contributed by atoms with E-state index in [9.17, 15) is 9.59 Å². The number of benzene rings is 1. The van der Waals surface area contributed by atoms with Crippen molar-refractivity contribution in [2.75, 3.05) is 0 Å². The van der Waals surface area contributed by atoms with Gasteiger partial charge in [0.25, 0.3) is 0 Å². The van der Waals surface area contributed by atoms with Gasteiger partial charge < -0.3 is 4.74 Å². The molecule has 0 saturated heterocycles. The van der Waals surface area contributed by atoms with Gasteiger partial charge in [0.2, 0.25) is 0 Å². The number of Topliss-reactive ketones (excluding diaryl/α,β-unsaturated/α-hetero) is 1. The number of rotatable bonds is 5. The second-order valence-electron chi connectivity index (χ2n) is 5.29. The van der Waals surface area contributed by atoms with E-state index in [2.05, 4.69) is 0 Å². The molecule has 0 aromatic heterocycles. The van der Waals surface area contributed by atoms with Crippen LogP contribution in [0.4, 0.5) is 0 Å². The number of ether oxygens (including phenoxy) is 1. The van der Waals surface area contributed by atoms with E-state index in [1.54, 1.807) is 20.8 Å². The monoisotopic (exact) mass is 248 g/mol. The molecule has 0 saturated carbocycles. The molecule has 0 aliphatic heterocycles. The van der Waals surface area contributed by atoms with Crippen LogP contribution in [0.1, 0.15) is 39.2 Å². The lowest BCUT2D eigenvalue weighted by Gasteiger charge is -2.19. The lowest BCUT2D eigenvalue weighted by Crippen LogP contribution is -2.25. The fourth-order valence-corrected chi connectivity index (χ4v) is 1.56. The Morgan fingerprint density at radius 2 is 1.72 bits per heavy atom. The van der Waals surface area contributed by atoms with Crippen LogP contribution in [0.25, 0.3) is 0 Å². The van der Waals surface area contributed by atoms with Crippen LogP contribution >= 0.6 is 0 Å². The smallest absolute Gasteiger partial charge is 0.313 e. The predicted molar refractivity (Wildman–Crippen MR) is 70.2 cm³/mol. The lowest BCUT2D eigenvalue weighted by atomic mass is 10.1. The third kappa shape index (κ3) is 6.18. The first-order valence-corrected chi connectivity index (χ1v) is 6.14. The highest BCUT2D eigenvalue weighted by Crippen LogP contribution is 2.10. The molecule has 3 nitrogen and oxygen atoms in total. The molecular formula is C15H20O3. The Kier molecular flexibility index (Phi) is 5.08. The maximum atomic E-state index is 11.6. The van der Waals surface area contributed by atoms with Crippen LogP contribution in [0.5, 0.6) is 0 Å². The molecule has 0 atom stereocenters. The van der Waals surface area contributed by atoms with E-state index in [-0.39, 0.29) is 12.2 Å². The first-order chi connectivity index (χ1) is 8.37. The molecule has 0 unspecified atom stereocenters. The fourth-order valence-electron chi connectivity index (χ4n) is 1.56. The molecular weight excluding hydrogens is 228 g/mol. The highest BCUT2D eigenvalue weighted by Gasteiger charge is 2.18. The van der Waals surface area contributed by atoms with Crippen LogP contribution in [0.2, 0.25) is 0 Å². The van der Waals surface area contributed by atoms with Gasteiger partial charge in [-0.05, 0) is 32.8 Å². The van der Waals surface area contributed by atoms with Gasteiger partial charge in [-0.2, -0.15) is 0 Å². The number of hydrogen-bond donors (Lipinski definition) is 0. The van der Waals surface area contributed by atoms with Crippen LogP contribution in [-0.4, -0.2) is 17.4 Å². The van der Waals surface area contributed by atoms with E-state index >= 15 is 0 Å². The van der Waals surface area contributed by atoms with Crippen molar-refractivity contribution in [1.29, 1.82) is 0 Å². The van der Waals surface area contributed by atoms with Crippen LogP contribution in [0.15, 0.2) is 30.3 Å². The van der Waals surface area contributed by atoms with Gasteiger partial charge in [-0.25, -0.2) is 0 Å². The molecule has 0 aliphatic rings. The summed E-state index contributed by atoms with van der Waals surface area (Å²) < 4.78 is 5.10. The third-order valence-electron chi connectivity index (χ3n) is 2.30. The minimum absolute atomic E-state index is 0.0758. The lowest BCUT2D eigenvalue weighted by molar-refractivity contribution is -0.156. The van der Waals surface area contributed by atoms with Gasteiger partial charge in [-0.15, -0.1) is 0 Å². The molecule has 0 fully saturated rings. The summed E-state index contributed by atoms with van der Waals surface area (Å²) in [5.74, 6) is -0.520. The summed E-state index contributed by atoms with van der Waals surface area (Å²) >= 11 is 0. The molecule has 1 rings (SSSR count). The number of aryl methyl sites for hydroxylation is 1. The normalized spacial score (nSPS) is 11.1. The summed E-state index contributed by atoms with van der Waals surface area (Å²) in [7, 11) is 0. The molecule has 0 spiro atoms. The largest absolute Gasteiger partial charge is 0.460 e. The van der Waals surface area contributed by atoms with Crippen molar-refractivity contribution in [3.05, 3.63) is 35.9 Å². The van der Waals surface area contributed by atoms with Crippen molar-refractivity contribution in [1.82, 2.24) is 0 Å². The highest BCUT2D eigenvalue weighted by molar-refractivity contribution is 5.95. The van der Waals surface area contributed by atoms with E-state index in [0.29, 0.717) is 12.8 Å². The highest BCUT2D eigenvalue weighted by atomic mass is 16.6. The van der Waals surface area contributed by atoms with Crippen molar-refractivity contribution < 1.29 is 14.3 Å². The van der Waals surface area contributed by atoms with E-state index < -0.39 is 11.6 Å². The van der Waals surface area contributed by atoms with Gasteiger partial charge >= 0.3 is 5.97 Å². The average Bonchev–Trinajstić information content (AvgIpc) is 2.25. The van der Waals surface area contributed by atoms with Crippen molar-refractivity contribution in [3.63, 3.8) is 0 Å². The molecule has 98 valence electrons. The number of carbonyl (C=O) groups excluding carboxylic acids is 2. The molecule has 3 heteroatoms. The topological polar surface area (TPSA) is 43.4 Å². The van der Waals surface area contributed by atoms with Gasteiger partial charge in [-0.3, -0.25) is 9.59 Å². The summed E-state index contributed by atoms with van der Waals surface area (Å²) in [4.78, 5) is 23.0.